The first-order valence-corrected chi connectivity index (χ1v) is 8.29. The Hall–Kier alpha value is -1.32. The normalized spacial score (nSPS) is 16.2. The van der Waals surface area contributed by atoms with Crippen LogP contribution in [0.25, 0.3) is 0 Å². The quantitative estimate of drug-likeness (QED) is 0.827. The van der Waals surface area contributed by atoms with Crippen molar-refractivity contribution >= 4 is 21.6 Å². The summed E-state index contributed by atoms with van der Waals surface area (Å²) in [5.41, 5.74) is 4.14. The van der Waals surface area contributed by atoms with Crippen LogP contribution in [0.5, 0.6) is 0 Å². The Morgan fingerprint density at radius 1 is 0.952 bits per heavy atom. The van der Waals surface area contributed by atoms with Crippen LogP contribution in [-0.2, 0) is 6.54 Å². The van der Waals surface area contributed by atoms with Crippen LogP contribution in [0.4, 0.5) is 5.69 Å². The molecule has 0 bridgehead atoms. The molecule has 0 atom stereocenters. The predicted octanol–water partition coefficient (Wildman–Crippen LogP) is 4.08. The summed E-state index contributed by atoms with van der Waals surface area (Å²) in [5, 5.41) is 0. The number of hydrogen-bond acceptors (Lipinski definition) is 2. The van der Waals surface area contributed by atoms with Crippen LogP contribution in [0.15, 0.2) is 53.0 Å². The summed E-state index contributed by atoms with van der Waals surface area (Å²) in [7, 11) is 0. The zero-order valence-electron chi connectivity index (χ0n) is 12.4. The van der Waals surface area contributed by atoms with Crippen molar-refractivity contribution in [3.05, 3.63) is 64.1 Å². The van der Waals surface area contributed by atoms with Crippen molar-refractivity contribution in [3.8, 4) is 0 Å². The molecule has 2 aromatic carbocycles. The molecule has 1 aliphatic heterocycles. The van der Waals surface area contributed by atoms with Crippen LogP contribution in [0.3, 0.4) is 0 Å². The fourth-order valence-electron chi connectivity index (χ4n) is 2.96. The average molecular weight is 345 g/mol. The molecular weight excluding hydrogens is 324 g/mol. The minimum atomic E-state index is 1.04. The van der Waals surface area contributed by atoms with E-state index in [9.17, 15) is 0 Å². The molecule has 1 heterocycles. The number of para-hydroxylation sites is 1. The Kier molecular flexibility index (Phi) is 4.61. The van der Waals surface area contributed by atoms with Crippen molar-refractivity contribution in [3.63, 3.8) is 0 Å². The molecule has 3 heteroatoms. The lowest BCUT2D eigenvalue weighted by molar-refractivity contribution is 0.250. The van der Waals surface area contributed by atoms with Crippen molar-refractivity contribution in [1.82, 2.24) is 4.90 Å². The van der Waals surface area contributed by atoms with Gasteiger partial charge in [-0.1, -0.05) is 46.3 Å². The van der Waals surface area contributed by atoms with E-state index in [1.165, 1.54) is 21.3 Å². The average Bonchev–Trinajstić information content (AvgIpc) is 2.49. The second-order valence-corrected chi connectivity index (χ2v) is 6.60. The molecule has 1 saturated heterocycles. The van der Waals surface area contributed by atoms with Gasteiger partial charge in [0.05, 0.1) is 0 Å². The Labute approximate surface area is 135 Å². The van der Waals surface area contributed by atoms with Gasteiger partial charge in [0.25, 0.3) is 0 Å². The molecule has 0 aliphatic carbocycles. The topological polar surface area (TPSA) is 6.48 Å². The largest absolute Gasteiger partial charge is 0.369 e. The van der Waals surface area contributed by atoms with E-state index in [2.05, 4.69) is 81.2 Å². The first-order valence-electron chi connectivity index (χ1n) is 7.50. The molecule has 0 unspecified atom stereocenters. The number of nitrogens with zero attached hydrogens (tertiary/aromatic N) is 2. The van der Waals surface area contributed by atoms with Crippen LogP contribution in [-0.4, -0.2) is 31.1 Å². The summed E-state index contributed by atoms with van der Waals surface area (Å²) in [6, 6.07) is 17.3. The van der Waals surface area contributed by atoms with Gasteiger partial charge < -0.3 is 4.90 Å². The zero-order chi connectivity index (χ0) is 14.7. The van der Waals surface area contributed by atoms with Gasteiger partial charge in [-0.3, -0.25) is 4.90 Å². The van der Waals surface area contributed by atoms with Crippen molar-refractivity contribution in [2.75, 3.05) is 31.1 Å². The Morgan fingerprint density at radius 3 is 2.43 bits per heavy atom. The van der Waals surface area contributed by atoms with Crippen LogP contribution in [0, 0.1) is 6.92 Å². The van der Waals surface area contributed by atoms with Crippen molar-refractivity contribution in [1.29, 1.82) is 0 Å². The van der Waals surface area contributed by atoms with Gasteiger partial charge in [0.1, 0.15) is 0 Å². The maximum atomic E-state index is 3.55. The number of hydrogen-bond donors (Lipinski definition) is 0. The molecule has 0 saturated carbocycles. The monoisotopic (exact) mass is 344 g/mol. The molecule has 110 valence electrons. The van der Waals surface area contributed by atoms with E-state index in [0.717, 1.165) is 32.7 Å². The molecule has 1 aliphatic rings. The van der Waals surface area contributed by atoms with Crippen LogP contribution >= 0.6 is 15.9 Å². The lowest BCUT2D eigenvalue weighted by Crippen LogP contribution is -2.46. The summed E-state index contributed by atoms with van der Waals surface area (Å²) < 4.78 is 1.17. The molecule has 0 amide bonds. The summed E-state index contributed by atoms with van der Waals surface area (Å²) in [5.74, 6) is 0. The van der Waals surface area contributed by atoms with E-state index in [1.54, 1.807) is 0 Å². The van der Waals surface area contributed by atoms with Gasteiger partial charge in [-0.25, -0.2) is 0 Å². The van der Waals surface area contributed by atoms with E-state index < -0.39 is 0 Å². The predicted molar refractivity (Wildman–Crippen MR) is 92.8 cm³/mol. The van der Waals surface area contributed by atoms with E-state index in [0.29, 0.717) is 0 Å². The van der Waals surface area contributed by atoms with Crippen LogP contribution in [0.1, 0.15) is 11.1 Å². The third-order valence-corrected chi connectivity index (χ3v) is 4.62. The molecule has 3 rings (SSSR count). The van der Waals surface area contributed by atoms with Gasteiger partial charge in [-0.2, -0.15) is 0 Å². The highest BCUT2D eigenvalue weighted by Gasteiger charge is 2.18. The van der Waals surface area contributed by atoms with Gasteiger partial charge >= 0.3 is 0 Å². The maximum absolute atomic E-state index is 3.55. The molecule has 0 radical (unpaired) electrons. The Morgan fingerprint density at radius 2 is 1.71 bits per heavy atom. The van der Waals surface area contributed by atoms with E-state index in [4.69, 9.17) is 0 Å². The third-order valence-electron chi connectivity index (χ3n) is 4.12. The summed E-state index contributed by atoms with van der Waals surface area (Å²) in [4.78, 5) is 5.04. The van der Waals surface area contributed by atoms with Gasteiger partial charge in [0, 0.05) is 42.9 Å². The number of piperazine rings is 1. The summed E-state index contributed by atoms with van der Waals surface area (Å²) in [6.07, 6.45) is 0. The fourth-order valence-corrected chi connectivity index (χ4v) is 3.41. The highest BCUT2D eigenvalue weighted by molar-refractivity contribution is 9.10. The molecule has 2 nitrogen and oxygen atoms in total. The van der Waals surface area contributed by atoms with Crippen molar-refractivity contribution in [2.24, 2.45) is 0 Å². The lowest BCUT2D eigenvalue weighted by Gasteiger charge is -2.36. The smallest absolute Gasteiger partial charge is 0.0396 e. The Balaban J connectivity index is 1.59. The molecule has 1 fully saturated rings. The van der Waals surface area contributed by atoms with Gasteiger partial charge in [-0.15, -0.1) is 0 Å². The van der Waals surface area contributed by atoms with Crippen molar-refractivity contribution < 1.29 is 0 Å². The van der Waals surface area contributed by atoms with E-state index >= 15 is 0 Å². The van der Waals surface area contributed by atoms with Crippen molar-refractivity contribution in [2.45, 2.75) is 13.5 Å². The molecule has 0 spiro atoms. The molecule has 2 aromatic rings. The standard InChI is InChI=1S/C18H21BrN2/c1-15-5-2-3-8-18(15)21-11-9-20(10-12-21)14-16-6-4-7-17(19)13-16/h2-8,13H,9-12,14H2,1H3. The van der Waals surface area contributed by atoms with E-state index in [-0.39, 0.29) is 0 Å². The second-order valence-electron chi connectivity index (χ2n) is 5.68. The number of halogens is 1. The van der Waals surface area contributed by atoms with Crippen LogP contribution < -0.4 is 4.90 Å². The summed E-state index contributed by atoms with van der Waals surface area (Å²) in [6.45, 7) is 7.71. The molecule has 0 N–H and O–H groups in total. The van der Waals surface area contributed by atoms with E-state index in [1.807, 2.05) is 0 Å². The first-order chi connectivity index (χ1) is 10.2. The maximum Gasteiger partial charge on any atom is 0.0396 e. The minimum Gasteiger partial charge on any atom is -0.369 e. The number of anilines is 1. The summed E-state index contributed by atoms with van der Waals surface area (Å²) >= 11 is 3.55. The SMILES string of the molecule is Cc1ccccc1N1CCN(Cc2cccc(Br)c2)CC1. The number of benzene rings is 2. The number of aryl methyl sites for hydroxylation is 1. The van der Waals surface area contributed by atoms with Gasteiger partial charge in [0.15, 0.2) is 0 Å². The third kappa shape index (κ3) is 3.66. The zero-order valence-corrected chi connectivity index (χ0v) is 14.0. The highest BCUT2D eigenvalue weighted by Crippen LogP contribution is 2.21. The minimum absolute atomic E-state index is 1.04. The first kappa shape index (κ1) is 14.6. The molecular formula is C18H21BrN2. The molecule has 21 heavy (non-hydrogen) atoms. The lowest BCUT2D eigenvalue weighted by atomic mass is 10.1. The highest BCUT2D eigenvalue weighted by atomic mass is 79.9. The van der Waals surface area contributed by atoms with Gasteiger partial charge in [-0.05, 0) is 36.2 Å². The van der Waals surface area contributed by atoms with Crippen LogP contribution in [0.2, 0.25) is 0 Å². The second kappa shape index (κ2) is 6.63. The number of rotatable bonds is 3. The molecule has 0 aromatic heterocycles. The van der Waals surface area contributed by atoms with Gasteiger partial charge in [0.2, 0.25) is 0 Å². The Bertz CT molecular complexity index is 604. The fraction of sp³-hybridized carbons (Fsp3) is 0.333.